The van der Waals surface area contributed by atoms with Gasteiger partial charge in [0.1, 0.15) is 22.3 Å². The average Bonchev–Trinajstić information content (AvgIpc) is 3.75. The molecule has 0 radical (unpaired) electrons. The SMILES string of the molecule is c1ccc(-c2nc3cc(N(c4ccccc4)c4ccc5c(c4)oc4ccccc45)c4oc5ccccc5c4c3o2)cc1. The van der Waals surface area contributed by atoms with Crippen molar-refractivity contribution < 1.29 is 13.3 Å². The summed E-state index contributed by atoms with van der Waals surface area (Å²) >= 11 is 0. The molecule has 3 heterocycles. The third kappa shape index (κ3) is 3.40. The van der Waals surface area contributed by atoms with Gasteiger partial charge in [-0.1, -0.05) is 72.8 Å². The molecule has 6 aromatic carbocycles. The molecule has 5 heteroatoms. The van der Waals surface area contributed by atoms with Gasteiger partial charge < -0.3 is 18.2 Å². The van der Waals surface area contributed by atoms with Crippen LogP contribution in [0, 0.1) is 0 Å². The van der Waals surface area contributed by atoms with E-state index < -0.39 is 0 Å². The molecule has 0 aliphatic heterocycles. The van der Waals surface area contributed by atoms with Crippen molar-refractivity contribution in [2.45, 2.75) is 0 Å². The van der Waals surface area contributed by atoms with Crippen LogP contribution in [0.3, 0.4) is 0 Å². The zero-order valence-electron chi connectivity index (χ0n) is 22.3. The molecular weight excluding hydrogens is 520 g/mol. The van der Waals surface area contributed by atoms with E-state index in [9.17, 15) is 0 Å². The smallest absolute Gasteiger partial charge is 0.227 e. The van der Waals surface area contributed by atoms with Gasteiger partial charge in [0.25, 0.3) is 0 Å². The number of hydrogen-bond donors (Lipinski definition) is 0. The Labute approximate surface area is 239 Å². The van der Waals surface area contributed by atoms with Crippen LogP contribution in [-0.4, -0.2) is 4.98 Å². The van der Waals surface area contributed by atoms with E-state index in [4.69, 9.17) is 18.2 Å². The van der Waals surface area contributed by atoms with Crippen LogP contribution in [-0.2, 0) is 0 Å². The number of oxazole rings is 1. The van der Waals surface area contributed by atoms with E-state index in [2.05, 4.69) is 53.4 Å². The van der Waals surface area contributed by atoms with Crippen LogP contribution in [0.5, 0.6) is 0 Å². The van der Waals surface area contributed by atoms with Crippen molar-refractivity contribution in [3.63, 3.8) is 0 Å². The second-order valence-electron chi connectivity index (χ2n) is 10.4. The molecule has 0 saturated carbocycles. The number of fused-ring (bicyclic) bond motifs is 8. The fourth-order valence-corrected chi connectivity index (χ4v) is 5.98. The highest BCUT2D eigenvalue weighted by Crippen LogP contribution is 2.46. The number of aromatic nitrogens is 1. The van der Waals surface area contributed by atoms with Crippen LogP contribution in [0.25, 0.3) is 66.4 Å². The normalized spacial score (nSPS) is 11.8. The molecule has 0 amide bonds. The third-order valence-electron chi connectivity index (χ3n) is 7.88. The van der Waals surface area contributed by atoms with Gasteiger partial charge in [-0.05, 0) is 54.6 Å². The Bertz CT molecular complexity index is 2420. The maximum absolute atomic E-state index is 6.61. The second kappa shape index (κ2) is 8.85. The van der Waals surface area contributed by atoms with Crippen molar-refractivity contribution >= 4 is 72.0 Å². The second-order valence-corrected chi connectivity index (χ2v) is 10.4. The minimum Gasteiger partial charge on any atom is -0.456 e. The van der Waals surface area contributed by atoms with Gasteiger partial charge in [0.05, 0.1) is 16.8 Å². The highest BCUT2D eigenvalue weighted by atomic mass is 16.4. The van der Waals surface area contributed by atoms with Crippen molar-refractivity contribution in [2.24, 2.45) is 0 Å². The molecule has 0 bridgehead atoms. The first-order chi connectivity index (χ1) is 20.8. The van der Waals surface area contributed by atoms with E-state index >= 15 is 0 Å². The lowest BCUT2D eigenvalue weighted by atomic mass is 10.1. The highest BCUT2D eigenvalue weighted by Gasteiger charge is 2.25. The lowest BCUT2D eigenvalue weighted by molar-refractivity contribution is 0.622. The molecule has 0 spiro atoms. The number of hydrogen-bond acceptors (Lipinski definition) is 5. The van der Waals surface area contributed by atoms with Gasteiger partial charge in [0.2, 0.25) is 5.89 Å². The average molecular weight is 543 g/mol. The van der Waals surface area contributed by atoms with Gasteiger partial charge in [-0.25, -0.2) is 4.98 Å². The van der Waals surface area contributed by atoms with Gasteiger partial charge in [0, 0.05) is 33.5 Å². The summed E-state index contributed by atoms with van der Waals surface area (Å²) in [4.78, 5) is 7.18. The van der Waals surface area contributed by atoms with E-state index in [1.54, 1.807) is 0 Å². The van der Waals surface area contributed by atoms with Crippen LogP contribution < -0.4 is 4.90 Å². The van der Waals surface area contributed by atoms with Crippen molar-refractivity contribution in [1.82, 2.24) is 4.98 Å². The molecule has 198 valence electrons. The largest absolute Gasteiger partial charge is 0.456 e. The monoisotopic (exact) mass is 542 g/mol. The maximum Gasteiger partial charge on any atom is 0.227 e. The summed E-state index contributed by atoms with van der Waals surface area (Å²) in [6, 6.07) is 44.9. The van der Waals surface area contributed by atoms with Crippen LogP contribution in [0.15, 0.2) is 147 Å². The summed E-state index contributed by atoms with van der Waals surface area (Å²) in [7, 11) is 0. The van der Waals surface area contributed by atoms with E-state index in [-0.39, 0.29) is 0 Å². The van der Waals surface area contributed by atoms with E-state index in [1.165, 1.54) is 0 Å². The minimum absolute atomic E-state index is 0.573. The molecule has 0 aliphatic rings. The zero-order chi connectivity index (χ0) is 27.6. The number of para-hydroxylation sites is 3. The van der Waals surface area contributed by atoms with E-state index in [0.717, 1.165) is 72.0 Å². The molecule has 9 rings (SSSR count). The van der Waals surface area contributed by atoms with Crippen molar-refractivity contribution in [2.75, 3.05) is 4.90 Å². The minimum atomic E-state index is 0.573. The van der Waals surface area contributed by atoms with Crippen molar-refractivity contribution in [1.29, 1.82) is 0 Å². The summed E-state index contributed by atoms with van der Waals surface area (Å²) in [5, 5.41) is 4.06. The first-order valence-corrected chi connectivity index (χ1v) is 13.9. The molecule has 0 fully saturated rings. The first-order valence-electron chi connectivity index (χ1n) is 13.9. The van der Waals surface area contributed by atoms with Gasteiger partial charge in [-0.2, -0.15) is 0 Å². The Morgan fingerprint density at radius 1 is 0.476 bits per heavy atom. The molecule has 5 nitrogen and oxygen atoms in total. The number of rotatable bonds is 4. The number of anilines is 3. The van der Waals surface area contributed by atoms with Gasteiger partial charge in [0.15, 0.2) is 11.2 Å². The predicted molar refractivity (Wildman–Crippen MR) is 169 cm³/mol. The summed E-state index contributed by atoms with van der Waals surface area (Å²) in [5.41, 5.74) is 8.40. The molecular formula is C37H22N2O3. The highest BCUT2D eigenvalue weighted by molar-refractivity contribution is 6.21. The van der Waals surface area contributed by atoms with Crippen LogP contribution in [0.4, 0.5) is 17.1 Å². The maximum atomic E-state index is 6.61. The van der Waals surface area contributed by atoms with Crippen LogP contribution >= 0.6 is 0 Å². The summed E-state index contributed by atoms with van der Waals surface area (Å²) < 4.78 is 19.4. The number of furan rings is 2. The zero-order valence-corrected chi connectivity index (χ0v) is 22.3. The Morgan fingerprint density at radius 3 is 1.95 bits per heavy atom. The third-order valence-corrected chi connectivity index (χ3v) is 7.88. The Morgan fingerprint density at radius 2 is 1.14 bits per heavy atom. The van der Waals surface area contributed by atoms with Crippen LogP contribution in [0.2, 0.25) is 0 Å². The van der Waals surface area contributed by atoms with E-state index in [1.807, 2.05) is 84.9 Å². The van der Waals surface area contributed by atoms with Crippen molar-refractivity contribution in [3.05, 3.63) is 133 Å². The lowest BCUT2D eigenvalue weighted by Crippen LogP contribution is -2.10. The molecule has 9 aromatic rings. The summed E-state index contributed by atoms with van der Waals surface area (Å²) in [6.07, 6.45) is 0. The Hall–Kier alpha value is -5.81. The van der Waals surface area contributed by atoms with Crippen molar-refractivity contribution in [3.8, 4) is 11.5 Å². The van der Waals surface area contributed by atoms with E-state index in [0.29, 0.717) is 11.5 Å². The standard InChI is InChI=1S/C37H22N2O3/c1-3-11-23(12-4-1)37-38-29-22-30(36-34(35(29)42-37)28-16-8-10-18-32(28)41-36)39(24-13-5-2-6-14-24)25-19-20-27-26-15-7-9-17-31(26)40-33(27)21-25/h1-22H. The molecule has 3 aromatic heterocycles. The fraction of sp³-hybridized carbons (Fsp3) is 0. The van der Waals surface area contributed by atoms with Crippen LogP contribution in [0.1, 0.15) is 0 Å². The Balaban J connectivity index is 1.36. The first kappa shape index (κ1) is 22.9. The van der Waals surface area contributed by atoms with Gasteiger partial charge in [-0.3, -0.25) is 0 Å². The quantitative estimate of drug-likeness (QED) is 0.221. The van der Waals surface area contributed by atoms with Gasteiger partial charge in [-0.15, -0.1) is 0 Å². The molecule has 42 heavy (non-hydrogen) atoms. The predicted octanol–water partition coefficient (Wildman–Crippen LogP) is 10.8. The topological polar surface area (TPSA) is 55.6 Å². The number of nitrogens with zero attached hydrogens (tertiary/aromatic N) is 2. The summed E-state index contributed by atoms with van der Waals surface area (Å²) in [6.45, 7) is 0. The number of benzene rings is 6. The van der Waals surface area contributed by atoms with Gasteiger partial charge >= 0.3 is 0 Å². The molecule has 0 atom stereocenters. The summed E-state index contributed by atoms with van der Waals surface area (Å²) in [5.74, 6) is 0.573. The molecule has 0 N–H and O–H groups in total. The molecule has 0 unspecified atom stereocenters. The molecule has 0 saturated heterocycles. The fourth-order valence-electron chi connectivity index (χ4n) is 5.98. The lowest BCUT2D eigenvalue weighted by Gasteiger charge is -2.25. The Kier molecular flexibility index (Phi) is 4.83. The molecule has 0 aliphatic carbocycles.